The van der Waals surface area contributed by atoms with Gasteiger partial charge in [-0.3, -0.25) is 9.58 Å². The number of sulfonamides is 1. The molecule has 2 N–H and O–H groups in total. The Morgan fingerprint density at radius 3 is 2.63 bits per heavy atom. The lowest BCUT2D eigenvalue weighted by atomic mass is 10.1. The van der Waals surface area contributed by atoms with Gasteiger partial charge in [-0.05, 0) is 37.1 Å². The van der Waals surface area contributed by atoms with E-state index in [1.54, 1.807) is 6.20 Å². The second kappa shape index (κ2) is 7.97. The minimum atomic E-state index is -3.95. The van der Waals surface area contributed by atoms with E-state index in [2.05, 4.69) is 14.7 Å². The summed E-state index contributed by atoms with van der Waals surface area (Å²) >= 11 is 5.80. The molecule has 0 unspecified atom stereocenters. The lowest BCUT2D eigenvalue weighted by molar-refractivity contribution is 0.0692. The highest BCUT2D eigenvalue weighted by Crippen LogP contribution is 2.22. The first kappa shape index (κ1) is 19.8. The second-order valence-electron chi connectivity index (χ2n) is 6.56. The molecular formula is C17H21ClN4O4S. The van der Waals surface area contributed by atoms with Gasteiger partial charge in [0.1, 0.15) is 0 Å². The van der Waals surface area contributed by atoms with Crippen molar-refractivity contribution in [3.05, 3.63) is 46.7 Å². The van der Waals surface area contributed by atoms with Crippen molar-refractivity contribution in [2.24, 2.45) is 7.05 Å². The van der Waals surface area contributed by atoms with Gasteiger partial charge in [0.05, 0.1) is 16.2 Å². The van der Waals surface area contributed by atoms with Crippen LogP contribution in [0.1, 0.15) is 28.9 Å². The molecule has 1 aromatic heterocycles. The molecule has 1 fully saturated rings. The third-order valence-corrected chi connectivity index (χ3v) is 6.49. The van der Waals surface area contributed by atoms with Crippen molar-refractivity contribution < 1.29 is 18.3 Å². The average Bonchev–Trinajstić information content (AvgIpc) is 3.01. The van der Waals surface area contributed by atoms with Gasteiger partial charge in [-0.15, -0.1) is 0 Å². The molecule has 0 spiro atoms. The monoisotopic (exact) mass is 412 g/mol. The smallest absolute Gasteiger partial charge is 0.337 e. The molecule has 0 radical (unpaired) electrons. The molecular weight excluding hydrogens is 392 g/mol. The van der Waals surface area contributed by atoms with Crippen LogP contribution in [0, 0.1) is 0 Å². The highest BCUT2D eigenvalue weighted by Gasteiger charge is 2.28. The van der Waals surface area contributed by atoms with Crippen molar-refractivity contribution in [2.75, 3.05) is 13.1 Å². The minimum absolute atomic E-state index is 0.176. The van der Waals surface area contributed by atoms with Crippen LogP contribution in [0.15, 0.2) is 35.4 Å². The van der Waals surface area contributed by atoms with Crippen LogP contribution in [0.25, 0.3) is 0 Å². The summed E-state index contributed by atoms with van der Waals surface area (Å²) in [5.74, 6) is -1.33. The van der Waals surface area contributed by atoms with Gasteiger partial charge in [0, 0.05) is 43.9 Å². The fraction of sp³-hybridized carbons (Fsp3) is 0.412. The Morgan fingerprint density at radius 1 is 1.33 bits per heavy atom. The third kappa shape index (κ3) is 4.67. The third-order valence-electron chi connectivity index (χ3n) is 4.68. The number of aryl methyl sites for hydroxylation is 1. The van der Waals surface area contributed by atoms with Crippen LogP contribution in [0.2, 0.25) is 5.02 Å². The van der Waals surface area contributed by atoms with Crippen molar-refractivity contribution >= 4 is 27.6 Å². The number of halogens is 1. The Morgan fingerprint density at radius 2 is 2.04 bits per heavy atom. The molecule has 1 aliphatic rings. The van der Waals surface area contributed by atoms with E-state index in [9.17, 15) is 18.3 Å². The molecule has 8 nitrogen and oxygen atoms in total. The number of rotatable bonds is 6. The molecule has 27 heavy (non-hydrogen) atoms. The summed E-state index contributed by atoms with van der Waals surface area (Å²) in [6.45, 7) is 2.24. The Kier molecular flexibility index (Phi) is 5.85. The van der Waals surface area contributed by atoms with Gasteiger partial charge in [0.25, 0.3) is 0 Å². The van der Waals surface area contributed by atoms with E-state index in [-0.39, 0.29) is 21.5 Å². The molecule has 0 saturated carbocycles. The molecule has 10 heteroatoms. The number of hydrogen-bond donors (Lipinski definition) is 2. The van der Waals surface area contributed by atoms with Crippen LogP contribution in [-0.2, 0) is 23.6 Å². The van der Waals surface area contributed by atoms with Gasteiger partial charge in [0.15, 0.2) is 0 Å². The van der Waals surface area contributed by atoms with Crippen LogP contribution in [0.3, 0.4) is 0 Å². The van der Waals surface area contributed by atoms with Gasteiger partial charge in [-0.1, -0.05) is 11.6 Å². The van der Waals surface area contributed by atoms with E-state index >= 15 is 0 Å². The normalized spacial score (nSPS) is 16.5. The van der Waals surface area contributed by atoms with Crippen LogP contribution < -0.4 is 4.72 Å². The van der Waals surface area contributed by atoms with E-state index in [0.717, 1.165) is 31.4 Å². The first-order valence-electron chi connectivity index (χ1n) is 8.50. The zero-order valence-electron chi connectivity index (χ0n) is 14.8. The zero-order chi connectivity index (χ0) is 19.6. The van der Waals surface area contributed by atoms with Crippen molar-refractivity contribution in [1.82, 2.24) is 19.4 Å². The summed E-state index contributed by atoms with van der Waals surface area (Å²) in [5.41, 5.74) is 0.768. The van der Waals surface area contributed by atoms with Gasteiger partial charge in [-0.25, -0.2) is 17.9 Å². The zero-order valence-corrected chi connectivity index (χ0v) is 16.4. The van der Waals surface area contributed by atoms with Gasteiger partial charge in [-0.2, -0.15) is 5.10 Å². The summed E-state index contributed by atoms with van der Waals surface area (Å²) < 4.78 is 29.8. The van der Waals surface area contributed by atoms with Crippen LogP contribution in [0.4, 0.5) is 0 Å². The molecule has 0 amide bonds. The molecule has 1 aromatic carbocycles. The van der Waals surface area contributed by atoms with Crippen molar-refractivity contribution in [2.45, 2.75) is 30.3 Å². The number of carboxylic acids is 1. The van der Waals surface area contributed by atoms with Crippen LogP contribution in [0.5, 0.6) is 0 Å². The fourth-order valence-electron chi connectivity index (χ4n) is 3.18. The molecule has 0 bridgehead atoms. The number of benzene rings is 1. The summed E-state index contributed by atoms with van der Waals surface area (Å²) in [6.07, 6.45) is 3.04. The number of carboxylic acid groups (broad SMARTS) is 1. The predicted octanol–water partition coefficient (Wildman–Crippen LogP) is 1.71. The number of piperidine rings is 1. The molecule has 2 aromatic rings. The molecule has 1 saturated heterocycles. The number of carbonyl (C=O) groups is 1. The number of nitrogens with zero attached hydrogens (tertiary/aromatic N) is 3. The molecule has 3 rings (SSSR count). The van der Waals surface area contributed by atoms with E-state index < -0.39 is 16.0 Å². The highest BCUT2D eigenvalue weighted by molar-refractivity contribution is 7.89. The number of hydrogen-bond acceptors (Lipinski definition) is 5. The maximum Gasteiger partial charge on any atom is 0.337 e. The van der Waals surface area contributed by atoms with E-state index in [1.807, 2.05) is 17.8 Å². The fourth-order valence-corrected chi connectivity index (χ4v) is 4.84. The maximum absolute atomic E-state index is 12.7. The summed E-state index contributed by atoms with van der Waals surface area (Å²) in [4.78, 5) is 13.3. The first-order chi connectivity index (χ1) is 12.8. The number of aromatic carboxylic acids is 1. The number of aromatic nitrogens is 2. The molecule has 2 heterocycles. The van der Waals surface area contributed by atoms with Gasteiger partial charge < -0.3 is 5.11 Å². The summed E-state index contributed by atoms with van der Waals surface area (Å²) in [7, 11) is -2.06. The largest absolute Gasteiger partial charge is 0.478 e. The minimum Gasteiger partial charge on any atom is -0.478 e. The molecule has 1 aliphatic heterocycles. The topological polar surface area (TPSA) is 105 Å². The molecule has 0 atom stereocenters. The lowest BCUT2D eigenvalue weighted by Gasteiger charge is -2.32. The van der Waals surface area contributed by atoms with Crippen LogP contribution >= 0.6 is 11.6 Å². The summed E-state index contributed by atoms with van der Waals surface area (Å²) in [5, 5.41) is 13.6. The van der Waals surface area contributed by atoms with Crippen molar-refractivity contribution in [3.8, 4) is 0 Å². The standard InChI is InChI=1S/C17H21ClN4O4S/c1-21-14(4-7-19-21)11-22-8-5-13(6-9-22)20-27(25,26)16-3-2-12(18)10-15(16)17(23)24/h2-4,7,10,13,20H,5-6,8-9,11H2,1H3,(H,23,24). The summed E-state index contributed by atoms with van der Waals surface area (Å²) in [6, 6.07) is 5.47. The van der Waals surface area contributed by atoms with Crippen LogP contribution in [-0.4, -0.2) is 53.3 Å². The first-order valence-corrected chi connectivity index (χ1v) is 10.4. The Bertz CT molecular complexity index is 936. The second-order valence-corrected chi connectivity index (χ2v) is 8.68. The Hall–Kier alpha value is -1.94. The maximum atomic E-state index is 12.7. The van der Waals surface area contributed by atoms with E-state index in [1.165, 1.54) is 12.1 Å². The molecule has 0 aliphatic carbocycles. The number of nitrogens with one attached hydrogen (secondary N) is 1. The van der Waals surface area contributed by atoms with E-state index in [4.69, 9.17) is 11.6 Å². The number of likely N-dealkylation sites (tertiary alicyclic amines) is 1. The highest BCUT2D eigenvalue weighted by atomic mass is 35.5. The Balaban J connectivity index is 1.65. The van der Waals surface area contributed by atoms with Gasteiger partial charge >= 0.3 is 5.97 Å². The quantitative estimate of drug-likeness (QED) is 0.748. The lowest BCUT2D eigenvalue weighted by Crippen LogP contribution is -2.44. The SMILES string of the molecule is Cn1nccc1CN1CCC(NS(=O)(=O)c2ccc(Cl)cc2C(=O)O)CC1. The predicted molar refractivity (Wildman–Crippen MR) is 100 cm³/mol. The van der Waals surface area contributed by atoms with Crippen molar-refractivity contribution in [1.29, 1.82) is 0 Å². The Labute approximate surface area is 162 Å². The molecule has 146 valence electrons. The van der Waals surface area contributed by atoms with E-state index in [0.29, 0.717) is 12.8 Å². The average molecular weight is 413 g/mol. The van der Waals surface area contributed by atoms with Gasteiger partial charge in [0.2, 0.25) is 10.0 Å². The van der Waals surface area contributed by atoms with Crippen molar-refractivity contribution in [3.63, 3.8) is 0 Å².